The molecule has 0 radical (unpaired) electrons. The summed E-state index contributed by atoms with van der Waals surface area (Å²) in [7, 11) is 0. The van der Waals surface area contributed by atoms with Gasteiger partial charge in [0.05, 0.1) is 0 Å². The maximum absolute atomic E-state index is 3.30. The van der Waals surface area contributed by atoms with E-state index in [0.717, 1.165) is 5.75 Å². The molecule has 0 aliphatic carbocycles. The van der Waals surface area contributed by atoms with Gasteiger partial charge < -0.3 is 11.6 Å². The summed E-state index contributed by atoms with van der Waals surface area (Å²) >= 11 is 3.83. The Kier molecular flexibility index (Phi) is 11.8. The van der Waals surface area contributed by atoms with Gasteiger partial charge in [0.1, 0.15) is 0 Å². The van der Waals surface area contributed by atoms with Crippen LogP contribution in [0.5, 0.6) is 0 Å². The molecule has 0 aliphatic heterocycles. The topological polar surface area (TPSA) is 0 Å². The van der Waals surface area contributed by atoms with E-state index >= 15 is 0 Å². The van der Waals surface area contributed by atoms with Gasteiger partial charge in [-0.1, -0.05) is 27.7 Å². The van der Waals surface area contributed by atoms with E-state index in [4.69, 9.17) is 0 Å². The summed E-state index contributed by atoms with van der Waals surface area (Å²) in [6.45, 7) is 8.93. The maximum Gasteiger partial charge on any atom is 1.00 e. The van der Waals surface area contributed by atoms with Crippen molar-refractivity contribution in [2.24, 2.45) is 0 Å². The molecule has 0 unspecified atom stereocenters. The first-order valence-corrected chi connectivity index (χ1v) is 6.99. The number of benzene rings is 1. The van der Waals surface area contributed by atoms with Crippen molar-refractivity contribution in [1.29, 1.82) is 0 Å². The minimum Gasteiger partial charge on any atom is -0.348 e. The van der Waals surface area contributed by atoms with Gasteiger partial charge in [-0.2, -0.15) is 16.7 Å². The number of hydrogen-bond acceptors (Lipinski definition) is 2. The predicted octanol–water partition coefficient (Wildman–Crippen LogP) is -1.38. The molecule has 0 bridgehead atoms. The summed E-state index contributed by atoms with van der Waals surface area (Å²) in [6, 6.07) is 11.5. The Hall–Kier alpha value is 0.985. The third-order valence-corrected chi connectivity index (χ3v) is 4.00. The molecule has 0 heterocycles. The largest absolute Gasteiger partial charge is 1.00 e. The Balaban J connectivity index is 0. The monoisotopic (exact) mass is 252 g/mol. The number of hydrogen-bond donors (Lipinski definition) is 0. The molecule has 84 valence electrons. The SMILES string of the molecule is CCS[C-](SC(C)(C)C)c1[c-]cccc1.[Li+].[Li+]. The molecule has 1 aromatic carbocycles. The molecular formula is C13H18Li2S2. The van der Waals surface area contributed by atoms with Crippen LogP contribution >= 0.6 is 23.5 Å². The van der Waals surface area contributed by atoms with Crippen LogP contribution in [0.25, 0.3) is 0 Å². The first kappa shape index (κ1) is 20.3. The van der Waals surface area contributed by atoms with Crippen LogP contribution in [0.2, 0.25) is 0 Å². The molecule has 17 heavy (non-hydrogen) atoms. The van der Waals surface area contributed by atoms with Gasteiger partial charge in [-0.05, 0) is 10.5 Å². The van der Waals surface area contributed by atoms with Gasteiger partial charge in [0.2, 0.25) is 0 Å². The van der Waals surface area contributed by atoms with Gasteiger partial charge in [0.25, 0.3) is 0 Å². The second kappa shape index (κ2) is 9.86. The normalized spacial score (nSPS) is 10.1. The van der Waals surface area contributed by atoms with Crippen molar-refractivity contribution in [2.45, 2.75) is 32.4 Å². The van der Waals surface area contributed by atoms with E-state index in [9.17, 15) is 0 Å². The van der Waals surface area contributed by atoms with Gasteiger partial charge in [-0.3, -0.25) is 17.8 Å². The zero-order valence-corrected chi connectivity index (χ0v) is 13.5. The zero-order valence-electron chi connectivity index (χ0n) is 11.8. The van der Waals surface area contributed by atoms with Crippen molar-refractivity contribution in [1.82, 2.24) is 0 Å². The summed E-state index contributed by atoms with van der Waals surface area (Å²) < 4.78 is 1.65. The second-order valence-corrected chi connectivity index (χ2v) is 7.58. The molecule has 0 nitrogen and oxygen atoms in total. The molecule has 0 fully saturated rings. The molecule has 1 rings (SSSR count). The molecule has 1 aromatic rings. The predicted molar refractivity (Wildman–Crippen MR) is 73.1 cm³/mol. The van der Waals surface area contributed by atoms with E-state index in [0.29, 0.717) is 0 Å². The average molecular weight is 252 g/mol. The quantitative estimate of drug-likeness (QED) is 0.478. The summed E-state index contributed by atoms with van der Waals surface area (Å²) in [4.78, 5) is 0. The average Bonchev–Trinajstić information content (AvgIpc) is 2.17. The first-order valence-electron chi connectivity index (χ1n) is 5.19. The fourth-order valence-corrected chi connectivity index (χ4v) is 3.77. The van der Waals surface area contributed by atoms with E-state index in [2.05, 4.69) is 45.9 Å². The molecule has 0 saturated carbocycles. The molecule has 0 spiro atoms. The van der Waals surface area contributed by atoms with Crippen molar-refractivity contribution in [2.75, 3.05) is 5.75 Å². The van der Waals surface area contributed by atoms with E-state index < -0.39 is 0 Å². The summed E-state index contributed by atoms with van der Waals surface area (Å²) in [5, 5.41) is 0. The maximum atomic E-state index is 3.30. The Bertz CT molecular complexity index is 283. The Morgan fingerprint density at radius 3 is 2.29 bits per heavy atom. The van der Waals surface area contributed by atoms with Crippen molar-refractivity contribution >= 4 is 23.5 Å². The number of rotatable bonds is 4. The molecular weight excluding hydrogens is 234 g/mol. The smallest absolute Gasteiger partial charge is 0.348 e. The van der Waals surface area contributed by atoms with Crippen molar-refractivity contribution < 1.29 is 37.7 Å². The molecule has 0 amide bonds. The van der Waals surface area contributed by atoms with Gasteiger partial charge in [0.15, 0.2) is 0 Å². The molecule has 0 aromatic heterocycles. The van der Waals surface area contributed by atoms with E-state index in [1.165, 1.54) is 10.1 Å². The van der Waals surface area contributed by atoms with Crippen LogP contribution in [0.3, 0.4) is 0 Å². The third-order valence-electron chi connectivity index (χ3n) is 1.60. The summed E-state index contributed by atoms with van der Waals surface area (Å²) in [5.41, 5.74) is 1.23. The van der Waals surface area contributed by atoms with Crippen LogP contribution in [0, 0.1) is 10.6 Å². The van der Waals surface area contributed by atoms with E-state index in [-0.39, 0.29) is 42.5 Å². The fourth-order valence-electron chi connectivity index (χ4n) is 1.09. The summed E-state index contributed by atoms with van der Waals surface area (Å²) in [5.74, 6) is 1.11. The Morgan fingerprint density at radius 2 is 1.88 bits per heavy atom. The van der Waals surface area contributed by atoms with Crippen LogP contribution in [-0.2, 0) is 0 Å². The first-order chi connectivity index (χ1) is 7.03. The van der Waals surface area contributed by atoms with Crippen molar-refractivity contribution in [3.05, 3.63) is 40.5 Å². The fraction of sp³-hybridized carbons (Fsp3) is 0.462. The van der Waals surface area contributed by atoms with Crippen LogP contribution < -0.4 is 37.7 Å². The van der Waals surface area contributed by atoms with E-state index in [1.807, 2.05) is 35.7 Å². The molecule has 4 heteroatoms. The Labute approximate surface area is 139 Å². The van der Waals surface area contributed by atoms with Gasteiger partial charge in [-0.15, -0.1) is 6.07 Å². The van der Waals surface area contributed by atoms with Crippen molar-refractivity contribution in [3.8, 4) is 0 Å². The van der Waals surface area contributed by atoms with Crippen LogP contribution in [0.15, 0.2) is 24.3 Å². The summed E-state index contributed by atoms with van der Waals surface area (Å²) in [6.07, 6.45) is 0. The van der Waals surface area contributed by atoms with Gasteiger partial charge in [-0.25, -0.2) is 11.8 Å². The third kappa shape index (κ3) is 8.66. The van der Waals surface area contributed by atoms with Gasteiger partial charge >= 0.3 is 37.7 Å². The van der Waals surface area contributed by atoms with Crippen LogP contribution in [-0.4, -0.2) is 10.5 Å². The zero-order chi connectivity index (χ0) is 11.3. The molecule has 0 atom stereocenters. The minimum atomic E-state index is 0. The molecule has 0 saturated heterocycles. The standard InChI is InChI=1S/C13H18S2.2Li/c1-5-14-12(15-13(2,3)4)11-9-7-6-8-10-11;;/h6-9H,5H2,1-4H3;;/q-2;2*+1. The van der Waals surface area contributed by atoms with Gasteiger partial charge in [0, 0.05) is 0 Å². The molecule has 0 N–H and O–H groups in total. The second-order valence-electron chi connectivity index (χ2n) is 4.21. The van der Waals surface area contributed by atoms with Crippen molar-refractivity contribution in [3.63, 3.8) is 0 Å². The van der Waals surface area contributed by atoms with E-state index in [1.54, 1.807) is 0 Å². The molecule has 0 aliphatic rings. The number of thioether (sulfide) groups is 2. The Morgan fingerprint density at radius 1 is 1.24 bits per heavy atom. The minimum absolute atomic E-state index is 0. The van der Waals surface area contributed by atoms with Crippen LogP contribution in [0.4, 0.5) is 0 Å². The van der Waals surface area contributed by atoms with Crippen LogP contribution in [0.1, 0.15) is 33.3 Å².